The third-order valence-corrected chi connectivity index (χ3v) is 6.11. The maximum atomic E-state index is 12.6. The second kappa shape index (κ2) is 6.79. The summed E-state index contributed by atoms with van der Waals surface area (Å²) in [6.45, 7) is 3.63. The fraction of sp³-hybridized carbons (Fsp3) is 0.600. The molecule has 3 aliphatic rings. The molecule has 2 heterocycles. The van der Waals surface area contributed by atoms with Crippen molar-refractivity contribution in [1.29, 1.82) is 0 Å². The zero-order valence-corrected chi connectivity index (χ0v) is 14.6. The Hall–Kier alpha value is -1.88. The summed E-state index contributed by atoms with van der Waals surface area (Å²) in [4.78, 5) is 28.2. The monoisotopic (exact) mass is 342 g/mol. The van der Waals surface area contributed by atoms with Crippen LogP contribution in [0.3, 0.4) is 0 Å². The van der Waals surface area contributed by atoms with Crippen molar-refractivity contribution in [3.8, 4) is 0 Å². The summed E-state index contributed by atoms with van der Waals surface area (Å²) in [5.41, 5.74) is 2.60. The summed E-state index contributed by atoms with van der Waals surface area (Å²) in [5.74, 6) is 0.161. The molecule has 1 amide bonds. The van der Waals surface area contributed by atoms with Crippen LogP contribution >= 0.6 is 0 Å². The van der Waals surface area contributed by atoms with E-state index in [1.807, 2.05) is 11.0 Å². The number of carbonyl (C=O) groups is 2. The van der Waals surface area contributed by atoms with Gasteiger partial charge in [-0.2, -0.15) is 0 Å². The highest BCUT2D eigenvalue weighted by molar-refractivity contribution is 5.76. The number of rotatable bonds is 5. The Labute approximate surface area is 148 Å². The highest BCUT2D eigenvalue weighted by atomic mass is 16.4. The van der Waals surface area contributed by atoms with Gasteiger partial charge in [-0.05, 0) is 42.2 Å². The van der Waals surface area contributed by atoms with E-state index in [9.17, 15) is 14.7 Å². The highest BCUT2D eigenvalue weighted by Gasteiger charge is 2.45. The van der Waals surface area contributed by atoms with Crippen LogP contribution in [0.4, 0.5) is 0 Å². The second-order valence-corrected chi connectivity index (χ2v) is 7.79. The molecule has 2 aliphatic heterocycles. The van der Waals surface area contributed by atoms with Gasteiger partial charge in [0.05, 0.1) is 5.92 Å². The molecule has 0 aromatic heterocycles. The van der Waals surface area contributed by atoms with Crippen LogP contribution in [-0.4, -0.2) is 53.0 Å². The van der Waals surface area contributed by atoms with Crippen LogP contribution in [0.25, 0.3) is 0 Å². The Morgan fingerprint density at radius 3 is 2.60 bits per heavy atom. The van der Waals surface area contributed by atoms with Crippen LogP contribution in [0.1, 0.15) is 30.4 Å². The third-order valence-electron chi connectivity index (χ3n) is 6.11. The molecule has 0 unspecified atom stereocenters. The first kappa shape index (κ1) is 16.6. The molecule has 0 spiro atoms. The van der Waals surface area contributed by atoms with Gasteiger partial charge in [0.2, 0.25) is 5.91 Å². The number of carbonyl (C=O) groups excluding carboxylic acids is 1. The zero-order valence-electron chi connectivity index (χ0n) is 14.6. The van der Waals surface area contributed by atoms with Crippen LogP contribution < -0.4 is 0 Å². The van der Waals surface area contributed by atoms with Gasteiger partial charge in [-0.15, -0.1) is 0 Å². The molecule has 2 fully saturated rings. The zero-order chi connectivity index (χ0) is 17.4. The number of nitrogens with zero attached hydrogens (tertiary/aromatic N) is 2. The molecule has 5 heteroatoms. The lowest BCUT2D eigenvalue weighted by Gasteiger charge is -2.29. The van der Waals surface area contributed by atoms with E-state index in [4.69, 9.17) is 0 Å². The lowest BCUT2D eigenvalue weighted by atomic mass is 9.92. The molecule has 5 nitrogen and oxygen atoms in total. The van der Waals surface area contributed by atoms with E-state index in [-0.39, 0.29) is 17.7 Å². The van der Waals surface area contributed by atoms with Crippen molar-refractivity contribution >= 4 is 11.9 Å². The Morgan fingerprint density at radius 1 is 1.12 bits per heavy atom. The van der Waals surface area contributed by atoms with E-state index in [2.05, 4.69) is 23.1 Å². The van der Waals surface area contributed by atoms with Gasteiger partial charge in [0, 0.05) is 39.1 Å². The number of carboxylic acids is 1. The Balaban J connectivity index is 1.30. The van der Waals surface area contributed by atoms with Crippen LogP contribution in [0, 0.1) is 17.8 Å². The predicted molar refractivity (Wildman–Crippen MR) is 94.0 cm³/mol. The number of aliphatic carboxylic acids is 1. The average molecular weight is 342 g/mol. The Kier molecular flexibility index (Phi) is 4.50. The van der Waals surface area contributed by atoms with Crippen LogP contribution in [0.2, 0.25) is 0 Å². The molecular formula is C20H26N2O3. The minimum atomic E-state index is -0.668. The summed E-state index contributed by atoms with van der Waals surface area (Å²) >= 11 is 0. The molecular weight excluding hydrogens is 316 g/mol. The quantitative estimate of drug-likeness (QED) is 0.889. The molecule has 1 saturated carbocycles. The number of carboxylic acid groups (broad SMARTS) is 1. The van der Waals surface area contributed by atoms with E-state index in [0.717, 1.165) is 19.5 Å². The predicted octanol–water partition coefficient (Wildman–Crippen LogP) is 2.00. The number of likely N-dealkylation sites (tertiary alicyclic amines) is 1. The molecule has 134 valence electrons. The summed E-state index contributed by atoms with van der Waals surface area (Å²) in [6.07, 6.45) is 3.77. The molecule has 4 rings (SSSR count). The number of hydrogen-bond donors (Lipinski definition) is 1. The van der Waals surface area contributed by atoms with E-state index in [0.29, 0.717) is 32.0 Å². The smallest absolute Gasteiger partial charge is 0.308 e. The summed E-state index contributed by atoms with van der Waals surface area (Å²) in [5, 5.41) is 9.45. The molecule has 0 bridgehead atoms. The van der Waals surface area contributed by atoms with Crippen molar-refractivity contribution in [1.82, 2.24) is 9.80 Å². The van der Waals surface area contributed by atoms with Crippen molar-refractivity contribution < 1.29 is 14.7 Å². The largest absolute Gasteiger partial charge is 0.481 e. The maximum Gasteiger partial charge on any atom is 0.308 e. The topological polar surface area (TPSA) is 60.9 Å². The lowest BCUT2D eigenvalue weighted by Crippen LogP contribution is -2.37. The third kappa shape index (κ3) is 3.56. The van der Waals surface area contributed by atoms with Gasteiger partial charge in [-0.25, -0.2) is 0 Å². The van der Waals surface area contributed by atoms with Gasteiger partial charge in [0.25, 0.3) is 0 Å². The molecule has 25 heavy (non-hydrogen) atoms. The molecule has 1 aromatic rings. The van der Waals surface area contributed by atoms with Crippen molar-refractivity contribution in [3.63, 3.8) is 0 Å². The van der Waals surface area contributed by atoms with Crippen LogP contribution in [0.5, 0.6) is 0 Å². The SMILES string of the molecule is O=C(O)[C@@H]1CN(CCC(=O)N2CCc3ccccc3C2)C[C@H]1C1CC1. The van der Waals surface area contributed by atoms with Crippen molar-refractivity contribution in [3.05, 3.63) is 35.4 Å². The van der Waals surface area contributed by atoms with Crippen molar-refractivity contribution in [2.24, 2.45) is 17.8 Å². The van der Waals surface area contributed by atoms with Gasteiger partial charge < -0.3 is 14.9 Å². The van der Waals surface area contributed by atoms with Gasteiger partial charge in [-0.1, -0.05) is 24.3 Å². The fourth-order valence-electron chi connectivity index (χ4n) is 4.48. The molecule has 0 radical (unpaired) electrons. The highest BCUT2D eigenvalue weighted by Crippen LogP contribution is 2.44. The summed E-state index contributed by atoms with van der Waals surface area (Å²) in [7, 11) is 0. The van der Waals surface area contributed by atoms with Gasteiger partial charge in [0.1, 0.15) is 0 Å². The first-order valence-corrected chi connectivity index (χ1v) is 9.41. The minimum absolute atomic E-state index is 0.191. The number of amides is 1. The van der Waals surface area contributed by atoms with Crippen LogP contribution in [0.15, 0.2) is 24.3 Å². The van der Waals surface area contributed by atoms with Gasteiger partial charge in [-0.3, -0.25) is 9.59 Å². The molecule has 1 N–H and O–H groups in total. The average Bonchev–Trinajstić information content (AvgIpc) is 3.38. The van der Waals surface area contributed by atoms with Crippen molar-refractivity contribution in [2.45, 2.75) is 32.2 Å². The molecule has 1 saturated heterocycles. The van der Waals surface area contributed by atoms with E-state index in [1.54, 1.807) is 0 Å². The van der Waals surface area contributed by atoms with E-state index in [1.165, 1.54) is 24.0 Å². The lowest BCUT2D eigenvalue weighted by molar-refractivity contribution is -0.142. The minimum Gasteiger partial charge on any atom is -0.481 e. The van der Waals surface area contributed by atoms with Gasteiger partial charge >= 0.3 is 5.97 Å². The Morgan fingerprint density at radius 2 is 1.88 bits per heavy atom. The number of benzene rings is 1. The molecule has 1 aromatic carbocycles. The number of fused-ring (bicyclic) bond motifs is 1. The van der Waals surface area contributed by atoms with E-state index < -0.39 is 5.97 Å². The fourth-order valence-corrected chi connectivity index (χ4v) is 4.48. The van der Waals surface area contributed by atoms with Crippen molar-refractivity contribution in [2.75, 3.05) is 26.2 Å². The molecule has 2 atom stereocenters. The van der Waals surface area contributed by atoms with Gasteiger partial charge in [0.15, 0.2) is 0 Å². The first-order valence-electron chi connectivity index (χ1n) is 9.41. The van der Waals surface area contributed by atoms with E-state index >= 15 is 0 Å². The maximum absolute atomic E-state index is 12.6. The van der Waals surface area contributed by atoms with Crippen LogP contribution in [-0.2, 0) is 22.6 Å². The standard InChI is InChI=1S/C20H26N2O3/c23-19(22-10-7-14-3-1-2-4-16(14)11-22)8-9-21-12-17(15-5-6-15)18(13-21)20(24)25/h1-4,15,17-18H,5-13H2,(H,24,25)/t17-,18+/m0/s1. The normalized spacial score (nSPS) is 26.5. The first-order chi connectivity index (χ1) is 12.1. The summed E-state index contributed by atoms with van der Waals surface area (Å²) in [6, 6.07) is 8.33. The number of hydrogen-bond acceptors (Lipinski definition) is 3. The second-order valence-electron chi connectivity index (χ2n) is 7.79. The summed E-state index contributed by atoms with van der Waals surface area (Å²) < 4.78 is 0. The molecule has 1 aliphatic carbocycles. The Bertz CT molecular complexity index is 671.